The molecule has 0 aliphatic heterocycles. The predicted molar refractivity (Wildman–Crippen MR) is 84.3 cm³/mol. The maximum atomic E-state index is 10.7. The number of carbonyl (C=O) groups excluding carboxylic acids is 1. The van der Waals surface area contributed by atoms with Crippen molar-refractivity contribution in [2.75, 3.05) is 13.7 Å². The second-order valence-electron chi connectivity index (χ2n) is 5.04. The first-order valence-corrected chi connectivity index (χ1v) is 6.95. The van der Waals surface area contributed by atoms with Crippen molar-refractivity contribution in [1.29, 1.82) is 0 Å². The molecule has 1 aliphatic rings. The number of fused-ring (bicyclic) bond motifs is 2. The quantitative estimate of drug-likeness (QED) is 0.874. The molecule has 21 heavy (non-hydrogen) atoms. The molecule has 0 fully saturated rings. The van der Waals surface area contributed by atoms with Crippen molar-refractivity contribution in [3.63, 3.8) is 0 Å². The van der Waals surface area contributed by atoms with E-state index in [0.29, 0.717) is 6.54 Å². The molecule has 3 nitrogen and oxygen atoms in total. The van der Waals surface area contributed by atoms with E-state index in [-0.39, 0.29) is 5.92 Å². The van der Waals surface area contributed by atoms with E-state index in [1.54, 1.807) is 7.11 Å². The van der Waals surface area contributed by atoms with Crippen LogP contribution in [0, 0.1) is 0 Å². The number of amides is 1. The molecule has 1 N–H and O–H groups in total. The smallest absolute Gasteiger partial charge is 0.207 e. The summed E-state index contributed by atoms with van der Waals surface area (Å²) >= 11 is 0. The Bertz CT molecular complexity index is 691. The first kappa shape index (κ1) is 13.4. The summed E-state index contributed by atoms with van der Waals surface area (Å²) < 4.78 is 5.35. The number of ether oxygens (including phenoxy) is 1. The summed E-state index contributed by atoms with van der Waals surface area (Å²) in [6.45, 7) is 0.572. The highest BCUT2D eigenvalue weighted by molar-refractivity contribution is 5.77. The maximum Gasteiger partial charge on any atom is 0.207 e. The van der Waals surface area contributed by atoms with Gasteiger partial charge in [0.1, 0.15) is 5.75 Å². The van der Waals surface area contributed by atoms with Gasteiger partial charge in [-0.1, -0.05) is 42.5 Å². The van der Waals surface area contributed by atoms with Gasteiger partial charge in [0.25, 0.3) is 0 Å². The Morgan fingerprint density at radius 1 is 1.10 bits per heavy atom. The fourth-order valence-corrected chi connectivity index (χ4v) is 2.85. The first-order valence-electron chi connectivity index (χ1n) is 6.95. The molecule has 3 heteroatoms. The molecule has 0 aromatic heterocycles. The summed E-state index contributed by atoms with van der Waals surface area (Å²) in [7, 11) is 1.67. The van der Waals surface area contributed by atoms with Crippen LogP contribution in [0.4, 0.5) is 0 Å². The Balaban J connectivity index is 2.15. The van der Waals surface area contributed by atoms with E-state index < -0.39 is 0 Å². The van der Waals surface area contributed by atoms with Gasteiger partial charge < -0.3 is 10.1 Å². The van der Waals surface area contributed by atoms with Crippen molar-refractivity contribution >= 4 is 18.6 Å². The second kappa shape index (κ2) is 5.83. The van der Waals surface area contributed by atoms with Crippen LogP contribution in [0.1, 0.15) is 28.2 Å². The fourth-order valence-electron chi connectivity index (χ4n) is 2.85. The highest BCUT2D eigenvalue weighted by atomic mass is 16.5. The van der Waals surface area contributed by atoms with E-state index in [4.69, 9.17) is 4.74 Å². The molecule has 0 spiro atoms. The van der Waals surface area contributed by atoms with Crippen molar-refractivity contribution < 1.29 is 9.53 Å². The minimum atomic E-state index is 0.117. The highest BCUT2D eigenvalue weighted by Gasteiger charge is 2.21. The molecule has 106 valence electrons. The van der Waals surface area contributed by atoms with Crippen LogP contribution in [0.2, 0.25) is 0 Å². The van der Waals surface area contributed by atoms with Gasteiger partial charge in [-0.15, -0.1) is 0 Å². The van der Waals surface area contributed by atoms with Crippen LogP contribution >= 0.6 is 0 Å². The summed E-state index contributed by atoms with van der Waals surface area (Å²) in [6.07, 6.45) is 5.00. The molecule has 0 radical (unpaired) electrons. The van der Waals surface area contributed by atoms with E-state index in [1.807, 2.05) is 18.2 Å². The van der Waals surface area contributed by atoms with Crippen LogP contribution in [0.25, 0.3) is 12.2 Å². The van der Waals surface area contributed by atoms with Crippen molar-refractivity contribution in [1.82, 2.24) is 5.32 Å². The largest absolute Gasteiger partial charge is 0.497 e. The topological polar surface area (TPSA) is 38.3 Å². The summed E-state index contributed by atoms with van der Waals surface area (Å²) in [5.41, 5.74) is 4.73. The molecular formula is C18H17NO2. The van der Waals surface area contributed by atoms with Gasteiger partial charge >= 0.3 is 0 Å². The van der Waals surface area contributed by atoms with E-state index in [9.17, 15) is 4.79 Å². The van der Waals surface area contributed by atoms with Gasteiger partial charge in [-0.05, 0) is 34.4 Å². The lowest BCUT2D eigenvalue weighted by Gasteiger charge is -2.20. The maximum absolute atomic E-state index is 10.7. The summed E-state index contributed by atoms with van der Waals surface area (Å²) in [5.74, 6) is 0.948. The molecule has 3 rings (SSSR count). The third-order valence-corrected chi connectivity index (χ3v) is 3.89. The van der Waals surface area contributed by atoms with Crippen molar-refractivity contribution in [2.24, 2.45) is 0 Å². The lowest BCUT2D eigenvalue weighted by Crippen LogP contribution is -2.21. The van der Waals surface area contributed by atoms with Crippen LogP contribution in [0.3, 0.4) is 0 Å². The molecule has 1 atom stereocenters. The van der Waals surface area contributed by atoms with Crippen molar-refractivity contribution in [3.8, 4) is 5.75 Å². The number of rotatable bonds is 4. The van der Waals surface area contributed by atoms with E-state index in [0.717, 1.165) is 17.7 Å². The van der Waals surface area contributed by atoms with Gasteiger partial charge in [0.2, 0.25) is 6.41 Å². The summed E-state index contributed by atoms with van der Waals surface area (Å²) in [5, 5.41) is 2.82. The molecule has 1 amide bonds. The van der Waals surface area contributed by atoms with Gasteiger partial charge in [-0.25, -0.2) is 0 Å². The lowest BCUT2D eigenvalue weighted by atomic mass is 9.87. The molecule has 2 aromatic rings. The van der Waals surface area contributed by atoms with Gasteiger partial charge in [-0.2, -0.15) is 0 Å². The van der Waals surface area contributed by atoms with Crippen molar-refractivity contribution in [3.05, 3.63) is 64.7 Å². The highest BCUT2D eigenvalue weighted by Crippen LogP contribution is 2.35. The molecule has 0 saturated carbocycles. The van der Waals surface area contributed by atoms with Gasteiger partial charge in [0.05, 0.1) is 7.11 Å². The second-order valence-corrected chi connectivity index (χ2v) is 5.04. The number of hydrogen-bond donors (Lipinski definition) is 1. The SMILES string of the molecule is COc1ccc2c(c1)C(CNC=O)c1ccccc1C=C2. The third-order valence-electron chi connectivity index (χ3n) is 3.89. The Morgan fingerprint density at radius 2 is 1.86 bits per heavy atom. The lowest BCUT2D eigenvalue weighted by molar-refractivity contribution is -0.109. The standard InChI is InChI=1S/C18H17NO2/c1-21-15-9-8-14-7-6-13-4-2-3-5-16(13)18(11-19-12-20)17(14)10-15/h2-10,12,18H,11H2,1H3,(H,19,20). The average molecular weight is 279 g/mol. The van der Waals surface area contributed by atoms with Gasteiger partial charge in [-0.3, -0.25) is 4.79 Å². The third kappa shape index (κ3) is 2.55. The van der Waals surface area contributed by atoms with Crippen LogP contribution in [0.5, 0.6) is 5.75 Å². The minimum Gasteiger partial charge on any atom is -0.497 e. The van der Waals surface area contributed by atoms with E-state index in [1.165, 1.54) is 16.7 Å². The molecule has 2 aromatic carbocycles. The number of nitrogens with one attached hydrogen (secondary N) is 1. The number of hydrogen-bond acceptors (Lipinski definition) is 2. The van der Waals surface area contributed by atoms with Crippen LogP contribution in [-0.4, -0.2) is 20.1 Å². The first-order chi connectivity index (χ1) is 10.3. The van der Waals surface area contributed by atoms with Crippen LogP contribution in [0.15, 0.2) is 42.5 Å². The molecular weight excluding hydrogens is 262 g/mol. The normalized spacial score (nSPS) is 15.6. The fraction of sp³-hybridized carbons (Fsp3) is 0.167. The zero-order chi connectivity index (χ0) is 14.7. The Labute approximate surface area is 124 Å². The zero-order valence-corrected chi connectivity index (χ0v) is 11.9. The van der Waals surface area contributed by atoms with E-state index >= 15 is 0 Å². The van der Waals surface area contributed by atoms with Gasteiger partial charge in [0.15, 0.2) is 0 Å². The molecule has 1 unspecified atom stereocenters. The summed E-state index contributed by atoms with van der Waals surface area (Å²) in [6, 6.07) is 14.4. The monoisotopic (exact) mass is 279 g/mol. The Morgan fingerprint density at radius 3 is 2.62 bits per heavy atom. The molecule has 0 bridgehead atoms. The van der Waals surface area contributed by atoms with Crippen molar-refractivity contribution in [2.45, 2.75) is 5.92 Å². The molecule has 0 heterocycles. The van der Waals surface area contributed by atoms with Gasteiger partial charge in [0, 0.05) is 12.5 Å². The predicted octanol–water partition coefficient (Wildman–Crippen LogP) is 3.06. The molecule has 0 saturated heterocycles. The minimum absolute atomic E-state index is 0.117. The zero-order valence-electron chi connectivity index (χ0n) is 11.9. The Hall–Kier alpha value is -2.55. The number of methoxy groups -OCH3 is 1. The summed E-state index contributed by atoms with van der Waals surface area (Å²) in [4.78, 5) is 10.7. The Kier molecular flexibility index (Phi) is 3.73. The molecule has 1 aliphatic carbocycles. The number of carbonyl (C=O) groups is 1. The van der Waals surface area contributed by atoms with Crippen LogP contribution in [-0.2, 0) is 4.79 Å². The van der Waals surface area contributed by atoms with E-state index in [2.05, 4.69) is 41.7 Å². The van der Waals surface area contributed by atoms with Crippen LogP contribution < -0.4 is 10.1 Å². The number of benzene rings is 2. The average Bonchev–Trinajstić information content (AvgIpc) is 2.69.